The third-order valence-electron chi connectivity index (χ3n) is 5.49. The van der Waals surface area contributed by atoms with Crippen molar-refractivity contribution >= 4 is 58.2 Å². The van der Waals surface area contributed by atoms with Crippen molar-refractivity contribution in [3.63, 3.8) is 0 Å². The van der Waals surface area contributed by atoms with Gasteiger partial charge in [-0.2, -0.15) is 26.3 Å². The zero-order chi connectivity index (χ0) is 27.8. The first-order valence-electron chi connectivity index (χ1n) is 10.4. The Morgan fingerprint density at radius 1 is 0.973 bits per heavy atom. The third kappa shape index (κ3) is 6.15. The second-order valence-corrected chi connectivity index (χ2v) is 9.34. The summed E-state index contributed by atoms with van der Waals surface area (Å²) in [5.74, 6) is -0.108. The molecule has 200 valence electrons. The summed E-state index contributed by atoms with van der Waals surface area (Å²) in [5.41, 5.74) is -1.03. The van der Waals surface area contributed by atoms with E-state index in [-0.39, 0.29) is 36.1 Å². The summed E-state index contributed by atoms with van der Waals surface area (Å²) >= 11 is 17.9. The first kappa shape index (κ1) is 29.1. The highest BCUT2D eigenvalue weighted by Crippen LogP contribution is 2.54. The second-order valence-electron chi connectivity index (χ2n) is 8.12. The van der Waals surface area contributed by atoms with E-state index in [1.165, 1.54) is 6.07 Å². The van der Waals surface area contributed by atoms with Gasteiger partial charge < -0.3 is 11.1 Å². The number of hydrogen-bond donors (Lipinski definition) is 2. The predicted molar refractivity (Wildman–Crippen MR) is 128 cm³/mol. The van der Waals surface area contributed by atoms with Crippen LogP contribution in [-0.4, -0.2) is 24.5 Å². The Kier molecular flexibility index (Phi) is 8.41. The number of carbonyl (C=O) groups excluding carboxylic acids is 1. The number of benzene rings is 2. The molecule has 0 unspecified atom stereocenters. The van der Waals surface area contributed by atoms with E-state index in [2.05, 4.69) is 10.3 Å². The van der Waals surface area contributed by atoms with Gasteiger partial charge in [0.15, 0.2) is 0 Å². The van der Waals surface area contributed by atoms with Crippen molar-refractivity contribution in [2.24, 2.45) is 16.6 Å². The number of hydrogen-bond acceptors (Lipinski definition) is 3. The number of nitrogens with one attached hydrogen (secondary N) is 1. The summed E-state index contributed by atoms with van der Waals surface area (Å²) < 4.78 is 92.8. The van der Waals surface area contributed by atoms with E-state index >= 15 is 0 Å². The lowest BCUT2D eigenvalue weighted by Gasteiger charge is -2.30. The maximum atomic E-state index is 14.4. The fraction of sp³-hybridized carbons (Fsp3) is 0.304. The van der Waals surface area contributed by atoms with Crippen molar-refractivity contribution in [3.05, 3.63) is 68.3 Å². The van der Waals surface area contributed by atoms with Crippen molar-refractivity contribution in [3.8, 4) is 0 Å². The second kappa shape index (κ2) is 10.7. The molecule has 3 rings (SSSR count). The Bertz CT molecular complexity index is 1220. The van der Waals surface area contributed by atoms with Crippen LogP contribution in [0.4, 0.5) is 36.4 Å². The van der Waals surface area contributed by atoms with Crippen LogP contribution in [0, 0.1) is 5.92 Å². The molecule has 0 saturated heterocycles. The average Bonchev–Trinajstić information content (AvgIpc) is 3.64. The number of carbonyl (C=O) groups is 1. The molecule has 0 radical (unpaired) electrons. The van der Waals surface area contributed by atoms with Gasteiger partial charge in [-0.25, -0.2) is 4.39 Å². The van der Waals surface area contributed by atoms with Crippen LogP contribution in [0.25, 0.3) is 5.57 Å². The maximum absolute atomic E-state index is 14.4. The topological polar surface area (TPSA) is 67.5 Å². The van der Waals surface area contributed by atoms with E-state index < -0.39 is 39.3 Å². The standard InChI is InChI=1S/C23H17Cl3F7N3O/c24-16-4-3-12(5-13(16)9-36-20(37)11-1-2-11)14(8-34)10-35-19-17(25)6-15(7-18(19)26)21(27,22(28,29)30)23(31,32)33/h3-8,10-11H,1-2,9,34H2,(H,36,37). The van der Waals surface area contributed by atoms with Crippen LogP contribution < -0.4 is 11.1 Å². The van der Waals surface area contributed by atoms with Gasteiger partial charge in [-0.1, -0.05) is 40.9 Å². The van der Waals surface area contributed by atoms with Gasteiger partial charge >= 0.3 is 18.0 Å². The summed E-state index contributed by atoms with van der Waals surface area (Å²) in [6.07, 6.45) is -8.79. The Labute approximate surface area is 221 Å². The minimum absolute atomic E-state index is 0.00991. The molecule has 0 aromatic heterocycles. The Hall–Kier alpha value is -2.50. The quantitative estimate of drug-likeness (QED) is 0.257. The lowest BCUT2D eigenvalue weighted by atomic mass is 9.94. The zero-order valence-corrected chi connectivity index (χ0v) is 20.7. The van der Waals surface area contributed by atoms with Crippen molar-refractivity contribution in [2.45, 2.75) is 37.4 Å². The summed E-state index contributed by atoms with van der Waals surface area (Å²) in [5, 5.41) is 1.61. The highest BCUT2D eigenvalue weighted by Gasteiger charge is 2.73. The predicted octanol–water partition coefficient (Wildman–Crippen LogP) is 7.66. The molecule has 1 fully saturated rings. The number of alkyl halides is 7. The van der Waals surface area contributed by atoms with E-state index in [9.17, 15) is 35.5 Å². The van der Waals surface area contributed by atoms with Crippen LogP contribution in [0.2, 0.25) is 15.1 Å². The van der Waals surface area contributed by atoms with Gasteiger partial charge in [0.1, 0.15) is 5.69 Å². The summed E-state index contributed by atoms with van der Waals surface area (Å²) in [6.45, 7) is 0.138. The first-order valence-corrected chi connectivity index (χ1v) is 11.6. The van der Waals surface area contributed by atoms with E-state index in [1.807, 2.05) is 0 Å². The van der Waals surface area contributed by atoms with E-state index in [0.717, 1.165) is 25.3 Å². The van der Waals surface area contributed by atoms with Crippen LogP contribution >= 0.6 is 34.8 Å². The van der Waals surface area contributed by atoms with Crippen molar-refractivity contribution in [1.82, 2.24) is 5.32 Å². The largest absolute Gasteiger partial charge is 0.435 e. The van der Waals surface area contributed by atoms with Crippen LogP contribution in [0.5, 0.6) is 0 Å². The Morgan fingerprint density at radius 2 is 1.54 bits per heavy atom. The summed E-state index contributed by atoms with van der Waals surface area (Å²) in [4.78, 5) is 15.8. The number of amides is 1. The maximum Gasteiger partial charge on any atom is 0.435 e. The minimum atomic E-state index is -6.33. The normalized spacial score (nSPS) is 15.4. The van der Waals surface area contributed by atoms with Gasteiger partial charge in [0.25, 0.3) is 0 Å². The molecule has 14 heteroatoms. The van der Waals surface area contributed by atoms with E-state index in [4.69, 9.17) is 40.5 Å². The molecule has 37 heavy (non-hydrogen) atoms. The smallest absolute Gasteiger partial charge is 0.404 e. The van der Waals surface area contributed by atoms with E-state index in [0.29, 0.717) is 16.1 Å². The number of halogens is 10. The molecular formula is C23H17Cl3F7N3O. The first-order chi connectivity index (χ1) is 17.1. The van der Waals surface area contributed by atoms with Gasteiger partial charge in [0.05, 0.1) is 10.0 Å². The molecule has 0 atom stereocenters. The fourth-order valence-electron chi connectivity index (χ4n) is 3.29. The summed E-state index contributed by atoms with van der Waals surface area (Å²) in [7, 11) is 0. The van der Waals surface area contributed by atoms with Gasteiger partial charge in [-0.15, -0.1) is 0 Å². The molecule has 3 N–H and O–H groups in total. The number of rotatable bonds is 7. The van der Waals surface area contributed by atoms with Gasteiger partial charge in [-0.05, 0) is 48.2 Å². The number of allylic oxidation sites excluding steroid dienone is 1. The van der Waals surface area contributed by atoms with E-state index in [1.54, 1.807) is 12.1 Å². The number of nitrogens with two attached hydrogens (primary N) is 1. The zero-order valence-electron chi connectivity index (χ0n) is 18.5. The molecule has 1 amide bonds. The fourth-order valence-corrected chi connectivity index (χ4v) is 4.05. The third-order valence-corrected chi connectivity index (χ3v) is 6.43. The molecule has 1 saturated carbocycles. The molecule has 4 nitrogen and oxygen atoms in total. The molecule has 1 aliphatic carbocycles. The van der Waals surface area contributed by atoms with Crippen molar-refractivity contribution < 1.29 is 35.5 Å². The number of aliphatic imine (C=N–C) groups is 1. The number of nitrogens with zero attached hydrogens (tertiary/aromatic N) is 1. The van der Waals surface area contributed by atoms with Crippen LogP contribution in [0.15, 0.2) is 41.5 Å². The lowest BCUT2D eigenvalue weighted by Crippen LogP contribution is -2.50. The van der Waals surface area contributed by atoms with Gasteiger partial charge in [0.2, 0.25) is 5.91 Å². The molecular weight excluding hydrogens is 574 g/mol. The van der Waals surface area contributed by atoms with Crippen molar-refractivity contribution in [1.29, 1.82) is 0 Å². The van der Waals surface area contributed by atoms with Gasteiger partial charge in [0, 0.05) is 41.0 Å². The molecule has 2 aromatic rings. The molecule has 1 aliphatic rings. The Balaban J connectivity index is 1.90. The van der Waals surface area contributed by atoms with Gasteiger partial charge in [-0.3, -0.25) is 9.79 Å². The van der Waals surface area contributed by atoms with Crippen LogP contribution in [-0.2, 0) is 17.0 Å². The molecule has 0 bridgehead atoms. The highest BCUT2D eigenvalue weighted by atomic mass is 35.5. The van der Waals surface area contributed by atoms with Crippen LogP contribution in [0.3, 0.4) is 0 Å². The van der Waals surface area contributed by atoms with Crippen LogP contribution in [0.1, 0.15) is 29.5 Å². The van der Waals surface area contributed by atoms with Crippen molar-refractivity contribution in [2.75, 3.05) is 0 Å². The lowest BCUT2D eigenvalue weighted by molar-refractivity contribution is -0.348. The average molecular weight is 591 g/mol. The molecule has 0 aliphatic heterocycles. The Morgan fingerprint density at radius 3 is 2.03 bits per heavy atom. The monoisotopic (exact) mass is 589 g/mol. The molecule has 0 spiro atoms. The SMILES string of the molecule is NC=C(C=Nc1c(Cl)cc(C(F)(C(F)(F)F)C(F)(F)F)cc1Cl)c1ccc(Cl)c(CNC(=O)C2CC2)c1. The molecule has 2 aromatic carbocycles. The minimum Gasteiger partial charge on any atom is -0.404 e. The highest BCUT2D eigenvalue weighted by molar-refractivity contribution is 6.39. The summed E-state index contributed by atoms with van der Waals surface area (Å²) in [6, 6.07) is 5.04. The molecule has 0 heterocycles.